The van der Waals surface area contributed by atoms with Crippen LogP contribution in [0.5, 0.6) is 0 Å². The van der Waals surface area contributed by atoms with Crippen LogP contribution in [0.2, 0.25) is 0 Å². The normalized spacial score (nSPS) is 17.8. The zero-order valence-electron chi connectivity index (χ0n) is 17.4. The molecule has 1 N–H and O–H groups in total. The van der Waals surface area contributed by atoms with Crippen molar-refractivity contribution in [3.8, 4) is 6.07 Å². The fraction of sp³-hybridized carbons (Fsp3) is 0.571. The molecule has 2 fully saturated rings. The molecule has 2 aliphatic rings. The SMILES string of the molecule is CN=C(NCc1ccc(C#N)cc1F)N1CCN(CC(=O)N2CCCCC2)CC1.I. The molecule has 7 nitrogen and oxygen atoms in total. The van der Waals surface area contributed by atoms with Crippen LogP contribution >= 0.6 is 24.0 Å². The molecule has 2 heterocycles. The molecule has 0 aromatic heterocycles. The van der Waals surface area contributed by atoms with Crippen molar-refractivity contribution >= 4 is 35.8 Å². The fourth-order valence-corrected chi connectivity index (χ4v) is 3.82. The van der Waals surface area contributed by atoms with Crippen LogP contribution in [0.4, 0.5) is 4.39 Å². The van der Waals surface area contributed by atoms with Crippen molar-refractivity contribution in [2.24, 2.45) is 4.99 Å². The van der Waals surface area contributed by atoms with E-state index in [1.54, 1.807) is 19.2 Å². The number of nitrogens with one attached hydrogen (secondary N) is 1. The predicted octanol–water partition coefficient (Wildman–Crippen LogP) is 2.02. The summed E-state index contributed by atoms with van der Waals surface area (Å²) in [6, 6.07) is 6.42. The number of guanidine groups is 1. The summed E-state index contributed by atoms with van der Waals surface area (Å²) < 4.78 is 14.1. The van der Waals surface area contributed by atoms with Crippen LogP contribution in [0.15, 0.2) is 23.2 Å². The number of aliphatic imine (C=N–C) groups is 1. The lowest BCUT2D eigenvalue weighted by molar-refractivity contribution is -0.133. The highest BCUT2D eigenvalue weighted by molar-refractivity contribution is 14.0. The molecular formula is C21H30FIN6O. The Hall–Kier alpha value is -1.93. The Bertz CT molecular complexity index is 782. The van der Waals surface area contributed by atoms with Gasteiger partial charge in [0.1, 0.15) is 5.82 Å². The molecule has 30 heavy (non-hydrogen) atoms. The Morgan fingerprint density at radius 3 is 2.43 bits per heavy atom. The second kappa shape index (κ2) is 12.1. The van der Waals surface area contributed by atoms with Crippen LogP contribution in [-0.2, 0) is 11.3 Å². The van der Waals surface area contributed by atoms with Gasteiger partial charge in [0.25, 0.3) is 0 Å². The Balaban J connectivity index is 0.00000320. The van der Waals surface area contributed by atoms with Gasteiger partial charge in [0.05, 0.1) is 18.2 Å². The average Bonchev–Trinajstić information content (AvgIpc) is 2.76. The summed E-state index contributed by atoms with van der Waals surface area (Å²) in [7, 11) is 1.71. The molecule has 164 valence electrons. The van der Waals surface area contributed by atoms with Crippen molar-refractivity contribution in [1.82, 2.24) is 20.0 Å². The molecule has 0 bridgehead atoms. The van der Waals surface area contributed by atoms with E-state index in [0.717, 1.165) is 58.1 Å². The minimum atomic E-state index is -0.395. The van der Waals surface area contributed by atoms with E-state index in [9.17, 15) is 9.18 Å². The highest BCUT2D eigenvalue weighted by Crippen LogP contribution is 2.12. The number of piperazine rings is 1. The highest BCUT2D eigenvalue weighted by atomic mass is 127. The van der Waals surface area contributed by atoms with Gasteiger partial charge in [-0.15, -0.1) is 24.0 Å². The van der Waals surface area contributed by atoms with Crippen LogP contribution < -0.4 is 5.32 Å². The van der Waals surface area contributed by atoms with Gasteiger partial charge in [0.15, 0.2) is 5.96 Å². The average molecular weight is 528 g/mol. The monoisotopic (exact) mass is 528 g/mol. The number of rotatable bonds is 4. The van der Waals surface area contributed by atoms with Crippen LogP contribution in [0.1, 0.15) is 30.4 Å². The van der Waals surface area contributed by atoms with E-state index >= 15 is 0 Å². The van der Waals surface area contributed by atoms with E-state index < -0.39 is 5.82 Å². The van der Waals surface area contributed by atoms with Gasteiger partial charge >= 0.3 is 0 Å². The third-order valence-corrected chi connectivity index (χ3v) is 5.57. The number of likely N-dealkylation sites (tertiary alicyclic amines) is 1. The van der Waals surface area contributed by atoms with E-state index in [4.69, 9.17) is 5.26 Å². The van der Waals surface area contributed by atoms with Gasteiger partial charge in [0, 0.05) is 58.4 Å². The first-order valence-corrected chi connectivity index (χ1v) is 10.2. The van der Waals surface area contributed by atoms with Gasteiger partial charge in [-0.3, -0.25) is 14.7 Å². The summed E-state index contributed by atoms with van der Waals surface area (Å²) in [4.78, 5) is 23.1. The standard InChI is InChI=1S/C21H29FN6O.HI/c1-24-21(25-15-18-6-5-17(14-23)13-19(18)22)28-11-9-26(10-12-28)16-20(29)27-7-3-2-4-8-27;/h5-6,13H,2-4,7-12,15-16H2,1H3,(H,24,25);1H. The maximum Gasteiger partial charge on any atom is 0.236 e. The largest absolute Gasteiger partial charge is 0.352 e. The molecule has 0 saturated carbocycles. The maximum atomic E-state index is 14.1. The summed E-state index contributed by atoms with van der Waals surface area (Å²) in [5.41, 5.74) is 0.807. The summed E-state index contributed by atoms with van der Waals surface area (Å²) in [6.07, 6.45) is 3.45. The van der Waals surface area contributed by atoms with E-state index in [1.807, 2.05) is 11.0 Å². The Kier molecular flexibility index (Phi) is 9.78. The molecule has 3 rings (SSSR count). The van der Waals surface area contributed by atoms with E-state index in [0.29, 0.717) is 24.2 Å². The number of benzene rings is 1. The summed E-state index contributed by atoms with van der Waals surface area (Å²) in [6.45, 7) is 5.69. The zero-order chi connectivity index (χ0) is 20.6. The molecule has 0 atom stereocenters. The van der Waals surface area contributed by atoms with Crippen LogP contribution in [-0.4, -0.2) is 79.4 Å². The third kappa shape index (κ3) is 6.54. The minimum absolute atomic E-state index is 0. The van der Waals surface area contributed by atoms with Gasteiger partial charge in [-0.05, 0) is 31.4 Å². The van der Waals surface area contributed by atoms with Crippen molar-refractivity contribution in [3.05, 3.63) is 35.1 Å². The van der Waals surface area contributed by atoms with Gasteiger partial charge in [-0.2, -0.15) is 5.26 Å². The number of hydrogen-bond acceptors (Lipinski definition) is 4. The summed E-state index contributed by atoms with van der Waals surface area (Å²) in [5.74, 6) is 0.556. The number of carbonyl (C=O) groups excluding carboxylic acids is 1. The fourth-order valence-electron chi connectivity index (χ4n) is 3.82. The molecule has 1 amide bonds. The predicted molar refractivity (Wildman–Crippen MR) is 125 cm³/mol. The molecule has 9 heteroatoms. The molecular weight excluding hydrogens is 498 g/mol. The lowest BCUT2D eigenvalue weighted by Crippen LogP contribution is -2.54. The topological polar surface area (TPSA) is 75.0 Å². The number of piperidine rings is 1. The quantitative estimate of drug-likeness (QED) is 0.368. The molecule has 0 unspecified atom stereocenters. The molecule has 0 aliphatic carbocycles. The Morgan fingerprint density at radius 2 is 1.83 bits per heavy atom. The van der Waals surface area contributed by atoms with Gasteiger partial charge in [0.2, 0.25) is 5.91 Å². The van der Waals surface area contributed by atoms with Crippen molar-refractivity contribution in [3.63, 3.8) is 0 Å². The molecule has 0 spiro atoms. The van der Waals surface area contributed by atoms with Gasteiger partial charge in [-0.25, -0.2) is 4.39 Å². The van der Waals surface area contributed by atoms with Crippen LogP contribution in [0.25, 0.3) is 0 Å². The van der Waals surface area contributed by atoms with Gasteiger partial charge in [-0.1, -0.05) is 6.07 Å². The van der Waals surface area contributed by atoms with Crippen LogP contribution in [0, 0.1) is 17.1 Å². The van der Waals surface area contributed by atoms with Crippen molar-refractivity contribution in [1.29, 1.82) is 5.26 Å². The Labute approximate surface area is 194 Å². The highest BCUT2D eigenvalue weighted by Gasteiger charge is 2.24. The van der Waals surface area contributed by atoms with Crippen molar-refractivity contribution in [2.75, 3.05) is 52.9 Å². The van der Waals surface area contributed by atoms with Crippen molar-refractivity contribution < 1.29 is 9.18 Å². The summed E-state index contributed by atoms with van der Waals surface area (Å²) in [5, 5.41) is 12.0. The third-order valence-electron chi connectivity index (χ3n) is 5.57. The second-order valence-corrected chi connectivity index (χ2v) is 7.52. The number of halogens is 2. The molecule has 2 saturated heterocycles. The first-order chi connectivity index (χ1) is 14.1. The Morgan fingerprint density at radius 1 is 1.13 bits per heavy atom. The molecule has 1 aromatic rings. The lowest BCUT2D eigenvalue weighted by Gasteiger charge is -2.37. The van der Waals surface area contributed by atoms with E-state index in [1.165, 1.54) is 12.5 Å². The van der Waals surface area contributed by atoms with E-state index in [2.05, 4.69) is 20.1 Å². The lowest BCUT2D eigenvalue weighted by atomic mass is 10.1. The minimum Gasteiger partial charge on any atom is -0.352 e. The number of carbonyl (C=O) groups is 1. The number of nitrogens with zero attached hydrogens (tertiary/aromatic N) is 5. The van der Waals surface area contributed by atoms with Crippen molar-refractivity contribution in [2.45, 2.75) is 25.8 Å². The summed E-state index contributed by atoms with van der Waals surface area (Å²) >= 11 is 0. The number of hydrogen-bond donors (Lipinski definition) is 1. The van der Waals surface area contributed by atoms with E-state index in [-0.39, 0.29) is 29.9 Å². The first-order valence-electron chi connectivity index (χ1n) is 10.2. The molecule has 0 radical (unpaired) electrons. The van der Waals surface area contributed by atoms with Gasteiger partial charge < -0.3 is 15.1 Å². The number of amides is 1. The maximum absolute atomic E-state index is 14.1. The number of nitriles is 1. The van der Waals surface area contributed by atoms with Crippen LogP contribution in [0.3, 0.4) is 0 Å². The zero-order valence-corrected chi connectivity index (χ0v) is 19.8. The second-order valence-electron chi connectivity index (χ2n) is 7.52. The molecule has 2 aliphatic heterocycles. The molecule has 1 aromatic carbocycles. The smallest absolute Gasteiger partial charge is 0.236 e. The first kappa shape index (κ1) is 24.3.